The lowest BCUT2D eigenvalue weighted by Crippen LogP contribution is -2.07. The molecule has 0 aliphatic carbocycles. The van der Waals surface area contributed by atoms with Crippen LogP contribution in [-0.4, -0.2) is 19.7 Å². The van der Waals surface area contributed by atoms with Crippen LogP contribution >= 0.6 is 0 Å². The third kappa shape index (κ3) is 4.63. The van der Waals surface area contributed by atoms with Gasteiger partial charge in [-0.05, 0) is 43.7 Å². The average molecular weight is 403 g/mol. The first kappa shape index (κ1) is 19.6. The van der Waals surface area contributed by atoms with Crippen LogP contribution < -0.4 is 10.1 Å². The molecule has 1 N–H and O–H groups in total. The molecular weight excluding hydrogens is 381 g/mol. The van der Waals surface area contributed by atoms with Gasteiger partial charge in [0.25, 0.3) is 0 Å². The molecule has 0 radical (unpaired) electrons. The number of aryl methyl sites for hydroxylation is 1. The maximum absolute atomic E-state index is 13.0. The van der Waals surface area contributed by atoms with E-state index >= 15 is 0 Å². The molecule has 4 aromatic rings. The zero-order chi connectivity index (χ0) is 20.9. The van der Waals surface area contributed by atoms with Gasteiger partial charge in [-0.15, -0.1) is 0 Å². The van der Waals surface area contributed by atoms with E-state index in [1.807, 2.05) is 29.8 Å². The summed E-state index contributed by atoms with van der Waals surface area (Å²) in [4.78, 5) is 8.63. The molecule has 0 spiro atoms. The lowest BCUT2D eigenvalue weighted by molar-refractivity contribution is 0.460. The predicted molar refractivity (Wildman–Crippen MR) is 113 cm³/mol. The van der Waals surface area contributed by atoms with E-state index in [1.165, 1.54) is 17.7 Å². The van der Waals surface area contributed by atoms with Crippen LogP contribution in [0.1, 0.15) is 22.5 Å². The summed E-state index contributed by atoms with van der Waals surface area (Å²) in [7, 11) is 0. The number of rotatable bonds is 7. The van der Waals surface area contributed by atoms with Crippen molar-refractivity contribution in [3.63, 3.8) is 0 Å². The zero-order valence-electron chi connectivity index (χ0n) is 16.8. The van der Waals surface area contributed by atoms with Gasteiger partial charge in [-0.3, -0.25) is 4.68 Å². The largest absolute Gasteiger partial charge is 0.439 e. The molecule has 2 aromatic heterocycles. The van der Waals surface area contributed by atoms with Gasteiger partial charge in [-0.1, -0.05) is 30.3 Å². The highest BCUT2D eigenvalue weighted by atomic mass is 19.1. The second-order valence-corrected chi connectivity index (χ2v) is 6.92. The smallest absolute Gasteiger partial charge is 0.226 e. The third-order valence-electron chi connectivity index (χ3n) is 4.80. The van der Waals surface area contributed by atoms with E-state index in [0.29, 0.717) is 24.1 Å². The van der Waals surface area contributed by atoms with Crippen molar-refractivity contribution < 1.29 is 9.13 Å². The van der Waals surface area contributed by atoms with Crippen LogP contribution in [-0.2, 0) is 13.1 Å². The number of benzene rings is 2. The summed E-state index contributed by atoms with van der Waals surface area (Å²) < 4.78 is 20.7. The van der Waals surface area contributed by atoms with Crippen molar-refractivity contribution in [2.24, 2.45) is 0 Å². The van der Waals surface area contributed by atoms with Crippen molar-refractivity contribution in [2.45, 2.75) is 26.9 Å². The van der Waals surface area contributed by atoms with Crippen LogP contribution in [0.15, 0.2) is 66.9 Å². The summed E-state index contributed by atoms with van der Waals surface area (Å²) in [6, 6.07) is 17.7. The van der Waals surface area contributed by atoms with Gasteiger partial charge >= 0.3 is 0 Å². The van der Waals surface area contributed by atoms with Crippen LogP contribution in [0.4, 0.5) is 10.3 Å². The maximum Gasteiger partial charge on any atom is 0.226 e. The van der Waals surface area contributed by atoms with Crippen molar-refractivity contribution in [1.29, 1.82) is 0 Å². The van der Waals surface area contributed by atoms with Crippen molar-refractivity contribution in [1.82, 2.24) is 19.7 Å². The van der Waals surface area contributed by atoms with Crippen LogP contribution in [0.25, 0.3) is 0 Å². The molecule has 2 aromatic carbocycles. The van der Waals surface area contributed by atoms with Crippen molar-refractivity contribution in [2.75, 3.05) is 5.32 Å². The van der Waals surface area contributed by atoms with Gasteiger partial charge in [0.15, 0.2) is 0 Å². The quantitative estimate of drug-likeness (QED) is 0.476. The molecule has 152 valence electrons. The highest BCUT2D eigenvalue weighted by molar-refractivity contribution is 5.35. The first-order valence-corrected chi connectivity index (χ1v) is 9.65. The second-order valence-electron chi connectivity index (χ2n) is 6.92. The molecule has 0 saturated heterocycles. The molecule has 6 nitrogen and oxygen atoms in total. The van der Waals surface area contributed by atoms with Gasteiger partial charge in [0, 0.05) is 30.1 Å². The fraction of sp³-hybridized carbons (Fsp3) is 0.174. The summed E-state index contributed by atoms with van der Waals surface area (Å²) in [6.45, 7) is 5.34. The van der Waals surface area contributed by atoms with Gasteiger partial charge in [0.05, 0.1) is 12.2 Å². The summed E-state index contributed by atoms with van der Waals surface area (Å²) in [5.41, 5.74) is 4.38. The zero-order valence-corrected chi connectivity index (χ0v) is 16.8. The number of ether oxygens (including phenoxy) is 1. The third-order valence-corrected chi connectivity index (χ3v) is 4.80. The van der Waals surface area contributed by atoms with Crippen LogP contribution in [0.5, 0.6) is 11.6 Å². The number of nitrogens with one attached hydrogen (secondary N) is 1. The van der Waals surface area contributed by atoms with Crippen LogP contribution in [0.3, 0.4) is 0 Å². The Morgan fingerprint density at radius 2 is 1.77 bits per heavy atom. The Morgan fingerprint density at radius 1 is 1.00 bits per heavy atom. The minimum Gasteiger partial charge on any atom is -0.439 e. The first-order valence-electron chi connectivity index (χ1n) is 9.65. The van der Waals surface area contributed by atoms with E-state index in [4.69, 9.17) is 4.74 Å². The first-order chi connectivity index (χ1) is 14.6. The number of nitrogens with zero attached hydrogens (tertiary/aromatic N) is 4. The van der Waals surface area contributed by atoms with Crippen LogP contribution in [0, 0.1) is 19.7 Å². The predicted octanol–water partition coefficient (Wildman–Crippen LogP) is 4.88. The lowest BCUT2D eigenvalue weighted by atomic mass is 10.2. The number of hydrogen-bond acceptors (Lipinski definition) is 5. The minimum atomic E-state index is -0.314. The Balaban J connectivity index is 1.44. The molecule has 0 aliphatic rings. The normalized spacial score (nSPS) is 10.8. The van der Waals surface area contributed by atoms with Gasteiger partial charge in [0.1, 0.15) is 11.6 Å². The monoisotopic (exact) mass is 403 g/mol. The molecule has 0 saturated carbocycles. The Kier molecular flexibility index (Phi) is 5.70. The van der Waals surface area contributed by atoms with E-state index in [2.05, 4.69) is 39.4 Å². The molecule has 0 atom stereocenters. The number of halogens is 1. The fourth-order valence-electron chi connectivity index (χ4n) is 3.18. The molecular formula is C23H22FN5O. The van der Waals surface area contributed by atoms with Gasteiger partial charge in [0.2, 0.25) is 11.8 Å². The Hall–Kier alpha value is -3.74. The van der Waals surface area contributed by atoms with E-state index < -0.39 is 0 Å². The summed E-state index contributed by atoms with van der Waals surface area (Å²) in [5.74, 6) is 1.03. The Bertz CT molecular complexity index is 1130. The highest BCUT2D eigenvalue weighted by Gasteiger charge is 2.12. The molecule has 0 bridgehead atoms. The van der Waals surface area contributed by atoms with Gasteiger partial charge < -0.3 is 10.1 Å². The fourth-order valence-corrected chi connectivity index (χ4v) is 3.18. The van der Waals surface area contributed by atoms with E-state index in [1.54, 1.807) is 24.4 Å². The number of aromatic nitrogens is 4. The summed E-state index contributed by atoms with van der Waals surface area (Å²) >= 11 is 0. The molecule has 0 fully saturated rings. The summed E-state index contributed by atoms with van der Waals surface area (Å²) in [6.07, 6.45) is 1.62. The SMILES string of the molecule is Cc1nn(Cc2ccccc2)c(C)c1CNc1nccc(Oc2ccc(F)cc2)n1. The maximum atomic E-state index is 13.0. The average Bonchev–Trinajstić information content (AvgIpc) is 3.02. The van der Waals surface area contributed by atoms with Crippen LogP contribution in [0.2, 0.25) is 0 Å². The molecule has 30 heavy (non-hydrogen) atoms. The van der Waals surface area contributed by atoms with Crippen molar-refractivity contribution >= 4 is 5.95 Å². The highest BCUT2D eigenvalue weighted by Crippen LogP contribution is 2.21. The standard InChI is InChI=1S/C23H22FN5O/c1-16-21(17(2)29(28-16)15-18-6-4-3-5-7-18)14-26-23-25-13-12-22(27-23)30-20-10-8-19(24)9-11-20/h3-13H,14-15H2,1-2H3,(H,25,26,27). The molecule has 0 amide bonds. The van der Waals surface area contributed by atoms with Gasteiger partial charge in [-0.25, -0.2) is 9.37 Å². The van der Waals surface area contributed by atoms with E-state index in [9.17, 15) is 4.39 Å². The van der Waals surface area contributed by atoms with E-state index in [-0.39, 0.29) is 5.82 Å². The molecule has 2 heterocycles. The second kappa shape index (κ2) is 8.73. The lowest BCUT2D eigenvalue weighted by Gasteiger charge is -2.09. The minimum absolute atomic E-state index is 0.314. The summed E-state index contributed by atoms with van der Waals surface area (Å²) in [5, 5.41) is 7.92. The van der Waals surface area contributed by atoms with Crippen molar-refractivity contribution in [3.8, 4) is 11.6 Å². The molecule has 7 heteroatoms. The molecule has 4 rings (SSSR count). The number of anilines is 1. The van der Waals surface area contributed by atoms with Gasteiger partial charge in [-0.2, -0.15) is 10.1 Å². The Morgan fingerprint density at radius 3 is 2.53 bits per heavy atom. The Labute approximate surface area is 174 Å². The van der Waals surface area contributed by atoms with Crippen molar-refractivity contribution in [3.05, 3.63) is 95.2 Å². The topological polar surface area (TPSA) is 64.9 Å². The molecule has 0 aliphatic heterocycles. The van der Waals surface area contributed by atoms with E-state index in [0.717, 1.165) is 23.5 Å². The number of hydrogen-bond donors (Lipinski definition) is 1. The molecule has 0 unspecified atom stereocenters.